The molecule has 0 bridgehead atoms. The maximum atomic E-state index is 12.5. The van der Waals surface area contributed by atoms with Gasteiger partial charge in [0.1, 0.15) is 3.70 Å². The number of aliphatic hydroxyl groups is 1. The molecule has 1 aromatic rings. The molecule has 0 radical (unpaired) electrons. The van der Waals surface area contributed by atoms with Crippen molar-refractivity contribution in [1.82, 2.24) is 4.98 Å². The number of pyridine rings is 1. The van der Waals surface area contributed by atoms with Crippen LogP contribution < -0.4 is 0 Å². The van der Waals surface area contributed by atoms with Gasteiger partial charge in [-0.05, 0) is 28.7 Å². The van der Waals surface area contributed by atoms with Crippen LogP contribution in [-0.2, 0) is 12.8 Å². The number of rotatable bonds is 2. The van der Waals surface area contributed by atoms with Gasteiger partial charge in [0.2, 0.25) is 0 Å². The highest BCUT2D eigenvalue weighted by Crippen LogP contribution is 2.35. The second-order valence-corrected chi connectivity index (χ2v) is 3.92. The van der Waals surface area contributed by atoms with Crippen molar-refractivity contribution >= 4 is 22.6 Å². The van der Waals surface area contributed by atoms with Crippen molar-refractivity contribution in [2.75, 3.05) is 0 Å². The molecule has 1 rings (SSSR count). The molecule has 0 spiro atoms. The molecule has 90 valence electrons. The molecule has 0 aliphatic carbocycles. The van der Waals surface area contributed by atoms with E-state index >= 15 is 0 Å². The average Bonchev–Trinajstić information content (AvgIpc) is 2.14. The molecule has 0 aromatic carbocycles. The smallest absolute Gasteiger partial charge is 0.392 e. The number of aliphatic hydroxyl groups excluding tert-OH is 1. The Morgan fingerprint density at radius 2 is 1.94 bits per heavy atom. The first-order valence-corrected chi connectivity index (χ1v) is 5.00. The van der Waals surface area contributed by atoms with Crippen LogP contribution in [0, 0.1) is 3.70 Å². The summed E-state index contributed by atoms with van der Waals surface area (Å²) in [5.74, 6) is 0. The van der Waals surface area contributed by atoms with Crippen molar-refractivity contribution < 1.29 is 27.1 Å². The Bertz CT molecular complexity index is 393. The van der Waals surface area contributed by atoms with E-state index in [4.69, 9.17) is 5.11 Å². The van der Waals surface area contributed by atoms with Gasteiger partial charge in [0, 0.05) is 11.1 Å². The first-order chi connectivity index (χ1) is 7.27. The van der Waals surface area contributed by atoms with E-state index in [0.29, 0.717) is 0 Å². The quantitative estimate of drug-likeness (QED) is 0.504. The number of alkyl halides is 5. The van der Waals surface area contributed by atoms with E-state index < -0.39 is 36.0 Å². The first kappa shape index (κ1) is 13.6. The molecule has 0 atom stereocenters. The average molecular weight is 353 g/mol. The summed E-state index contributed by atoms with van der Waals surface area (Å²) in [4.78, 5) is 3.13. The molecule has 0 aliphatic heterocycles. The fourth-order valence-corrected chi connectivity index (χ4v) is 1.73. The number of halogens is 6. The van der Waals surface area contributed by atoms with Crippen molar-refractivity contribution in [1.29, 1.82) is 0 Å². The van der Waals surface area contributed by atoms with Crippen LogP contribution in [0.5, 0.6) is 0 Å². The molecule has 2 nitrogen and oxygen atoms in total. The Labute approximate surface area is 101 Å². The number of hydrogen-bond acceptors (Lipinski definition) is 2. The summed E-state index contributed by atoms with van der Waals surface area (Å²) in [7, 11) is 0. The van der Waals surface area contributed by atoms with E-state index in [1.165, 1.54) is 22.6 Å². The van der Waals surface area contributed by atoms with Crippen LogP contribution in [0.2, 0.25) is 0 Å². The second kappa shape index (κ2) is 4.78. The van der Waals surface area contributed by atoms with E-state index in [1.807, 2.05) is 0 Å². The van der Waals surface area contributed by atoms with Crippen LogP contribution in [0.3, 0.4) is 0 Å². The van der Waals surface area contributed by atoms with Crippen LogP contribution in [0.15, 0.2) is 6.07 Å². The van der Waals surface area contributed by atoms with Gasteiger partial charge in [-0.2, -0.15) is 13.2 Å². The zero-order chi connectivity index (χ0) is 12.5. The monoisotopic (exact) mass is 353 g/mol. The third-order valence-electron chi connectivity index (χ3n) is 1.79. The molecular formula is C8H5F5INO. The molecule has 16 heavy (non-hydrogen) atoms. The topological polar surface area (TPSA) is 33.1 Å². The van der Waals surface area contributed by atoms with Crippen molar-refractivity contribution in [3.8, 4) is 0 Å². The molecule has 0 saturated carbocycles. The molecule has 0 fully saturated rings. The molecule has 1 heterocycles. The predicted molar refractivity (Wildman–Crippen MR) is 52.8 cm³/mol. The lowest BCUT2D eigenvalue weighted by molar-refractivity contribution is -0.142. The van der Waals surface area contributed by atoms with Crippen molar-refractivity contribution in [3.63, 3.8) is 0 Å². The van der Waals surface area contributed by atoms with Gasteiger partial charge in [0.15, 0.2) is 5.69 Å². The van der Waals surface area contributed by atoms with E-state index in [1.54, 1.807) is 0 Å². The molecule has 0 amide bonds. The molecule has 0 aliphatic rings. The van der Waals surface area contributed by atoms with Crippen LogP contribution >= 0.6 is 22.6 Å². The maximum absolute atomic E-state index is 12.5. The third kappa shape index (κ3) is 2.78. The highest BCUT2D eigenvalue weighted by Gasteiger charge is 2.37. The Morgan fingerprint density at radius 3 is 2.31 bits per heavy atom. The Balaban J connectivity index is 3.49. The molecule has 1 aromatic heterocycles. The Hall–Kier alpha value is -0.510. The fourth-order valence-electron chi connectivity index (χ4n) is 1.15. The lowest BCUT2D eigenvalue weighted by atomic mass is 10.1. The van der Waals surface area contributed by atoms with Crippen molar-refractivity contribution in [2.45, 2.75) is 19.2 Å². The van der Waals surface area contributed by atoms with Crippen LogP contribution in [0.1, 0.15) is 23.2 Å². The molecular weight excluding hydrogens is 348 g/mol. The van der Waals surface area contributed by atoms with E-state index in [2.05, 4.69) is 4.98 Å². The summed E-state index contributed by atoms with van der Waals surface area (Å²) < 4.78 is 62.0. The number of nitrogens with zero attached hydrogens (tertiary/aromatic N) is 1. The van der Waals surface area contributed by atoms with Crippen LogP contribution in [-0.4, -0.2) is 10.1 Å². The summed E-state index contributed by atoms with van der Waals surface area (Å²) in [6.07, 6.45) is -7.94. The zero-order valence-corrected chi connectivity index (χ0v) is 9.68. The maximum Gasteiger partial charge on any atom is 0.433 e. The largest absolute Gasteiger partial charge is 0.433 e. The van der Waals surface area contributed by atoms with E-state index in [-0.39, 0.29) is 3.70 Å². The fraction of sp³-hybridized carbons (Fsp3) is 0.375. The van der Waals surface area contributed by atoms with Crippen LogP contribution in [0.4, 0.5) is 22.0 Å². The first-order valence-electron chi connectivity index (χ1n) is 3.93. The predicted octanol–water partition coefficient (Wildman–Crippen LogP) is 3.13. The van der Waals surface area contributed by atoms with Crippen molar-refractivity contribution in [2.24, 2.45) is 0 Å². The van der Waals surface area contributed by atoms with Gasteiger partial charge in [0.05, 0.1) is 6.61 Å². The standard InChI is InChI=1S/C8H5F5INO/c9-7(10)3-1-5(14)15-6(4(3)2-16)8(11,12)13/h1,7,16H,2H2. The lowest BCUT2D eigenvalue weighted by Gasteiger charge is -2.14. The zero-order valence-electron chi connectivity index (χ0n) is 7.52. The van der Waals surface area contributed by atoms with E-state index in [0.717, 1.165) is 6.07 Å². The summed E-state index contributed by atoms with van der Waals surface area (Å²) in [6.45, 7) is -1.13. The minimum atomic E-state index is -4.86. The highest BCUT2D eigenvalue weighted by molar-refractivity contribution is 14.1. The summed E-state index contributed by atoms with van der Waals surface area (Å²) in [5.41, 5.74) is -3.17. The second-order valence-electron chi connectivity index (χ2n) is 2.82. The van der Waals surface area contributed by atoms with Crippen LogP contribution in [0.25, 0.3) is 0 Å². The summed E-state index contributed by atoms with van der Waals surface area (Å²) >= 11 is 1.41. The SMILES string of the molecule is OCc1c(C(F)F)cc(I)nc1C(F)(F)F. The molecule has 8 heteroatoms. The third-order valence-corrected chi connectivity index (χ3v) is 2.34. The van der Waals surface area contributed by atoms with Gasteiger partial charge < -0.3 is 5.11 Å². The van der Waals surface area contributed by atoms with Gasteiger partial charge in [-0.25, -0.2) is 13.8 Å². The summed E-state index contributed by atoms with van der Waals surface area (Å²) in [5, 5.41) is 8.73. The van der Waals surface area contributed by atoms with E-state index in [9.17, 15) is 22.0 Å². The highest BCUT2D eigenvalue weighted by atomic mass is 127. The Morgan fingerprint density at radius 1 is 1.38 bits per heavy atom. The molecule has 0 saturated heterocycles. The lowest BCUT2D eigenvalue weighted by Crippen LogP contribution is -2.15. The van der Waals surface area contributed by atoms with Crippen molar-refractivity contribution in [3.05, 3.63) is 26.6 Å². The molecule has 1 N–H and O–H groups in total. The van der Waals surface area contributed by atoms with Gasteiger partial charge in [-0.15, -0.1) is 0 Å². The van der Waals surface area contributed by atoms with Gasteiger partial charge in [0.25, 0.3) is 6.43 Å². The summed E-state index contributed by atoms with van der Waals surface area (Å²) in [6, 6.07) is 0.825. The normalized spacial score (nSPS) is 12.2. The molecule has 0 unspecified atom stereocenters. The Kier molecular flexibility index (Phi) is 4.05. The minimum absolute atomic E-state index is 0.197. The number of hydrogen-bond donors (Lipinski definition) is 1. The number of aromatic nitrogens is 1. The van der Waals surface area contributed by atoms with Gasteiger partial charge in [-0.1, -0.05) is 0 Å². The van der Waals surface area contributed by atoms with Gasteiger partial charge >= 0.3 is 6.18 Å². The van der Waals surface area contributed by atoms with Gasteiger partial charge in [-0.3, -0.25) is 0 Å². The minimum Gasteiger partial charge on any atom is -0.392 e.